The summed E-state index contributed by atoms with van der Waals surface area (Å²) >= 11 is 0. The van der Waals surface area contributed by atoms with Crippen LogP contribution in [0.1, 0.15) is 32.8 Å². The summed E-state index contributed by atoms with van der Waals surface area (Å²) in [7, 11) is 1.57. The average molecular weight is 459 g/mol. The minimum Gasteiger partial charge on any atom is -0.495 e. The van der Waals surface area contributed by atoms with Gasteiger partial charge in [0.2, 0.25) is 11.8 Å². The molecule has 3 aromatic rings. The summed E-state index contributed by atoms with van der Waals surface area (Å²) in [6.07, 6.45) is 0.162. The van der Waals surface area contributed by atoms with Gasteiger partial charge in [0, 0.05) is 18.7 Å². The largest absolute Gasteiger partial charge is 0.495 e. The zero-order valence-corrected chi connectivity index (χ0v) is 20.0. The number of nitrogens with zero attached hydrogens (tertiary/aromatic N) is 1. The number of rotatable bonds is 6. The van der Waals surface area contributed by atoms with Crippen LogP contribution in [0.3, 0.4) is 0 Å². The molecule has 1 aliphatic heterocycles. The van der Waals surface area contributed by atoms with Crippen molar-refractivity contribution in [1.29, 1.82) is 0 Å². The van der Waals surface area contributed by atoms with Gasteiger partial charge in [0.15, 0.2) is 0 Å². The number of carbonyl (C=O) groups is 2. The van der Waals surface area contributed by atoms with E-state index < -0.39 is 5.92 Å². The molecule has 6 nitrogen and oxygen atoms in total. The van der Waals surface area contributed by atoms with Crippen molar-refractivity contribution in [2.45, 2.75) is 32.6 Å². The summed E-state index contributed by atoms with van der Waals surface area (Å²) in [5, 5.41) is 2.92. The van der Waals surface area contributed by atoms with Gasteiger partial charge in [-0.25, -0.2) is 0 Å². The first-order valence-electron chi connectivity index (χ1n) is 11.4. The van der Waals surface area contributed by atoms with Gasteiger partial charge in [-0.2, -0.15) is 0 Å². The highest BCUT2D eigenvalue weighted by Crippen LogP contribution is 2.33. The summed E-state index contributed by atoms with van der Waals surface area (Å²) in [5.41, 5.74) is 2.67. The second-order valence-electron chi connectivity index (χ2n) is 9.47. The number of methoxy groups -OCH3 is 1. The van der Waals surface area contributed by atoms with E-state index in [1.807, 2.05) is 42.5 Å². The number of benzene rings is 3. The molecule has 0 aromatic heterocycles. The number of ether oxygens (including phenoxy) is 2. The Labute approximate surface area is 200 Å². The smallest absolute Gasteiger partial charge is 0.229 e. The van der Waals surface area contributed by atoms with E-state index in [2.05, 4.69) is 38.2 Å². The normalized spacial score (nSPS) is 15.8. The van der Waals surface area contributed by atoms with Crippen LogP contribution >= 0.6 is 0 Å². The van der Waals surface area contributed by atoms with Gasteiger partial charge in [-0.1, -0.05) is 45.0 Å². The van der Waals surface area contributed by atoms with E-state index in [9.17, 15) is 9.59 Å². The average Bonchev–Trinajstić information content (AvgIpc) is 3.21. The Bertz CT molecular complexity index is 1160. The molecule has 1 fully saturated rings. The highest BCUT2D eigenvalue weighted by molar-refractivity contribution is 6.04. The molecule has 4 rings (SSSR count). The number of amides is 2. The second kappa shape index (κ2) is 9.59. The zero-order valence-electron chi connectivity index (χ0n) is 20.0. The number of anilines is 2. The fraction of sp³-hybridized carbons (Fsp3) is 0.286. The minimum absolute atomic E-state index is 0.0898. The van der Waals surface area contributed by atoms with Crippen LogP contribution in [0.25, 0.3) is 0 Å². The van der Waals surface area contributed by atoms with Gasteiger partial charge in [-0.3, -0.25) is 9.59 Å². The summed E-state index contributed by atoms with van der Waals surface area (Å²) in [4.78, 5) is 27.0. The molecule has 0 radical (unpaired) electrons. The quantitative estimate of drug-likeness (QED) is 0.509. The Morgan fingerprint density at radius 1 is 0.941 bits per heavy atom. The third kappa shape index (κ3) is 5.22. The van der Waals surface area contributed by atoms with Crippen molar-refractivity contribution in [2.75, 3.05) is 23.9 Å². The Morgan fingerprint density at radius 3 is 2.18 bits per heavy atom. The molecule has 0 saturated carbocycles. The maximum atomic E-state index is 12.8. The van der Waals surface area contributed by atoms with Crippen LogP contribution in [0.5, 0.6) is 17.2 Å². The monoisotopic (exact) mass is 458 g/mol. The van der Waals surface area contributed by atoms with Crippen LogP contribution < -0.4 is 19.7 Å². The lowest BCUT2D eigenvalue weighted by molar-refractivity contribution is -0.122. The van der Waals surface area contributed by atoms with Gasteiger partial charge in [-0.05, 0) is 59.5 Å². The molecule has 176 valence electrons. The lowest BCUT2D eigenvalue weighted by atomic mass is 9.87. The van der Waals surface area contributed by atoms with E-state index in [0.717, 1.165) is 5.75 Å². The van der Waals surface area contributed by atoms with E-state index in [-0.39, 0.29) is 23.7 Å². The third-order valence-electron chi connectivity index (χ3n) is 5.95. The molecule has 1 aliphatic rings. The minimum atomic E-state index is -0.435. The maximum absolute atomic E-state index is 12.8. The van der Waals surface area contributed by atoms with Crippen molar-refractivity contribution in [2.24, 2.45) is 5.92 Å². The number of nitrogens with one attached hydrogen (secondary N) is 1. The molecule has 2 amide bonds. The number of carbonyl (C=O) groups excluding carboxylic acids is 2. The van der Waals surface area contributed by atoms with Crippen molar-refractivity contribution >= 4 is 23.2 Å². The topological polar surface area (TPSA) is 67.9 Å². The SMILES string of the molecule is COc1ccccc1N1C[C@H](C(=O)Nc2ccc(Oc3ccc(C(C)(C)C)cc3)cc2)CC1=O. The van der Waals surface area contributed by atoms with Crippen molar-refractivity contribution in [3.63, 3.8) is 0 Å². The van der Waals surface area contributed by atoms with Crippen molar-refractivity contribution in [3.05, 3.63) is 78.4 Å². The van der Waals surface area contributed by atoms with Crippen LogP contribution in [0.15, 0.2) is 72.8 Å². The van der Waals surface area contributed by atoms with Gasteiger partial charge in [-0.15, -0.1) is 0 Å². The first-order chi connectivity index (χ1) is 16.2. The molecule has 0 bridgehead atoms. The van der Waals surface area contributed by atoms with Crippen LogP contribution in [-0.4, -0.2) is 25.5 Å². The summed E-state index contributed by atoms with van der Waals surface area (Å²) in [5.74, 6) is 1.34. The van der Waals surface area contributed by atoms with Crippen LogP contribution in [0, 0.1) is 5.92 Å². The molecular weight excluding hydrogens is 428 g/mol. The zero-order chi connectivity index (χ0) is 24.3. The Kier molecular flexibility index (Phi) is 6.59. The highest BCUT2D eigenvalue weighted by atomic mass is 16.5. The molecular formula is C28H30N2O4. The first-order valence-corrected chi connectivity index (χ1v) is 11.4. The van der Waals surface area contributed by atoms with Crippen molar-refractivity contribution in [3.8, 4) is 17.2 Å². The lowest BCUT2D eigenvalue weighted by Crippen LogP contribution is -2.28. The van der Waals surface area contributed by atoms with Crippen LogP contribution in [-0.2, 0) is 15.0 Å². The number of para-hydroxylation sites is 2. The maximum Gasteiger partial charge on any atom is 0.229 e. The predicted octanol–water partition coefficient (Wildman–Crippen LogP) is 5.78. The van der Waals surface area contributed by atoms with Crippen molar-refractivity contribution in [1.82, 2.24) is 0 Å². The van der Waals surface area contributed by atoms with Gasteiger partial charge in [0.1, 0.15) is 17.2 Å². The Balaban J connectivity index is 1.36. The molecule has 1 heterocycles. The van der Waals surface area contributed by atoms with Gasteiger partial charge < -0.3 is 19.7 Å². The lowest BCUT2D eigenvalue weighted by Gasteiger charge is -2.19. The van der Waals surface area contributed by atoms with Crippen LogP contribution in [0.4, 0.5) is 11.4 Å². The molecule has 6 heteroatoms. The Hall–Kier alpha value is -3.80. The molecule has 1 saturated heterocycles. The molecule has 0 unspecified atom stereocenters. The van der Waals surface area contributed by atoms with E-state index >= 15 is 0 Å². The number of hydrogen-bond acceptors (Lipinski definition) is 4. The van der Waals surface area contributed by atoms with Gasteiger partial charge in [0.05, 0.1) is 18.7 Å². The fourth-order valence-electron chi connectivity index (χ4n) is 3.98. The fourth-order valence-corrected chi connectivity index (χ4v) is 3.98. The van der Waals surface area contributed by atoms with E-state index in [4.69, 9.17) is 9.47 Å². The van der Waals surface area contributed by atoms with Gasteiger partial charge >= 0.3 is 0 Å². The Morgan fingerprint density at radius 2 is 1.56 bits per heavy atom. The van der Waals surface area contributed by atoms with Crippen molar-refractivity contribution < 1.29 is 19.1 Å². The van der Waals surface area contributed by atoms with E-state index in [0.29, 0.717) is 29.4 Å². The first kappa shape index (κ1) is 23.4. The van der Waals surface area contributed by atoms with E-state index in [1.165, 1.54) is 5.56 Å². The summed E-state index contributed by atoms with van der Waals surface area (Å²) in [6.45, 7) is 6.84. The molecule has 34 heavy (non-hydrogen) atoms. The number of hydrogen-bond donors (Lipinski definition) is 1. The van der Waals surface area contributed by atoms with Crippen LogP contribution in [0.2, 0.25) is 0 Å². The predicted molar refractivity (Wildman–Crippen MR) is 134 cm³/mol. The highest BCUT2D eigenvalue weighted by Gasteiger charge is 2.36. The van der Waals surface area contributed by atoms with E-state index in [1.54, 1.807) is 30.2 Å². The molecule has 0 aliphatic carbocycles. The standard InChI is InChI=1S/C28H30N2O4/c1-28(2,3)20-9-13-22(14-10-20)34-23-15-11-21(12-16-23)29-27(32)19-17-26(31)30(18-19)24-7-5-6-8-25(24)33-4/h5-16,19H,17-18H2,1-4H3,(H,29,32)/t19-/m1/s1. The summed E-state index contributed by atoms with van der Waals surface area (Å²) < 4.78 is 11.3. The summed E-state index contributed by atoms with van der Waals surface area (Å²) in [6, 6.07) is 22.6. The molecule has 1 atom stereocenters. The molecule has 1 N–H and O–H groups in total. The second-order valence-corrected chi connectivity index (χ2v) is 9.47. The van der Waals surface area contributed by atoms with Gasteiger partial charge in [0.25, 0.3) is 0 Å². The third-order valence-corrected chi connectivity index (χ3v) is 5.95. The molecule has 3 aromatic carbocycles. The molecule has 0 spiro atoms.